The van der Waals surface area contributed by atoms with E-state index in [0.29, 0.717) is 0 Å². The molecule has 0 amide bonds. The molecule has 0 aromatic rings. The summed E-state index contributed by atoms with van der Waals surface area (Å²) in [6, 6.07) is 0. The number of aliphatic hydroxyl groups is 2. The molecule has 10 heteroatoms. The van der Waals surface area contributed by atoms with Crippen LogP contribution in [0.4, 0.5) is 0 Å². The number of aliphatic hydroxyl groups excluding tert-OH is 2. The third-order valence-electron chi connectivity index (χ3n) is 0.636. The Morgan fingerprint density at radius 1 is 1.38 bits per heavy atom. The summed E-state index contributed by atoms with van der Waals surface area (Å²) in [5.74, 6) is 0. The average Bonchev–Trinajstić information content (AvgIpc) is 1.81. The second-order valence-electron chi connectivity index (χ2n) is 1.58. The van der Waals surface area contributed by atoms with Crippen LogP contribution in [0.15, 0.2) is 0 Å². The fourth-order valence-electron chi connectivity index (χ4n) is 0.230. The van der Waals surface area contributed by atoms with Gasteiger partial charge in [-0.05, 0) is 0 Å². The van der Waals surface area contributed by atoms with Crippen LogP contribution in [0.5, 0.6) is 0 Å². The summed E-state index contributed by atoms with van der Waals surface area (Å²) in [6.45, 7) is -1.33. The molecule has 13 heavy (non-hydrogen) atoms. The van der Waals surface area contributed by atoms with Gasteiger partial charge < -0.3 is 34.6 Å². The first-order valence-electron chi connectivity index (χ1n) is 2.41. The maximum atomic E-state index is 9.71. The Morgan fingerprint density at radius 3 is 2.00 bits per heavy atom. The van der Waals surface area contributed by atoms with E-state index in [1.54, 1.807) is 0 Å². The van der Waals surface area contributed by atoms with Gasteiger partial charge in [0.05, 0.1) is 21.0 Å². The van der Waals surface area contributed by atoms with Crippen molar-refractivity contribution in [3.8, 4) is 0 Å². The molecule has 0 bridgehead atoms. The maximum absolute atomic E-state index is 9.71. The van der Waals surface area contributed by atoms with Crippen LogP contribution in [0.2, 0.25) is 0 Å². The molecule has 0 aliphatic heterocycles. The van der Waals surface area contributed by atoms with E-state index in [-0.39, 0.29) is 64.6 Å². The Hall–Kier alpha value is 1.99. The summed E-state index contributed by atoms with van der Waals surface area (Å²) in [4.78, 5) is 19.4. The Bertz CT molecular complexity index is 138. The molecule has 4 N–H and O–H groups in total. The fraction of sp³-hybridized carbons (Fsp3) is 1.00. The first-order chi connectivity index (χ1) is 4.45. The maximum Gasteiger partial charge on any atom is 1.00 e. The van der Waals surface area contributed by atoms with Crippen molar-refractivity contribution in [1.82, 2.24) is 0 Å². The largest absolute Gasteiger partial charge is 1.00 e. The zero-order valence-electron chi connectivity index (χ0n) is 7.47. The predicted molar refractivity (Wildman–Crippen MR) is 30.3 cm³/mol. The molecule has 0 saturated heterocycles. The Morgan fingerprint density at radius 2 is 1.77 bits per heavy atom. The molecule has 0 heterocycles. The Balaban J connectivity index is -0.000000135. The molecule has 1 atom stereocenters. The first-order valence-corrected chi connectivity index (χ1v) is 3.87. The van der Waals surface area contributed by atoms with Crippen LogP contribution in [-0.2, 0) is 9.09 Å². The van der Waals surface area contributed by atoms with Crippen molar-refractivity contribution in [2.24, 2.45) is 0 Å². The summed E-state index contributed by atoms with van der Waals surface area (Å²) in [6.07, 6.45) is -1.32. The zero-order chi connectivity index (χ0) is 8.20. The second-order valence-corrected chi connectivity index (χ2v) is 2.73. The van der Waals surface area contributed by atoms with E-state index in [4.69, 9.17) is 10.2 Å². The third kappa shape index (κ3) is 20.2. The molecular weight excluding hydrogens is 225 g/mol. The predicted octanol–water partition coefficient (Wildman–Crippen LogP) is -9.63. The second kappa shape index (κ2) is 12.1. The molecule has 0 radical (unpaired) electrons. The fourth-order valence-corrected chi connectivity index (χ4v) is 0.585. The molecule has 0 aliphatic carbocycles. The van der Waals surface area contributed by atoms with Gasteiger partial charge in [0.2, 0.25) is 0 Å². The van der Waals surface area contributed by atoms with E-state index in [1.807, 2.05) is 0 Å². The minimum Gasteiger partial charge on any atom is -0.790 e. The van der Waals surface area contributed by atoms with E-state index in [1.165, 1.54) is 0 Å². The van der Waals surface area contributed by atoms with Crippen molar-refractivity contribution < 1.29 is 93.7 Å². The van der Waals surface area contributed by atoms with Gasteiger partial charge in [-0.1, -0.05) is 0 Å². The summed E-state index contributed by atoms with van der Waals surface area (Å²) in [5, 5.41) is 16.6. The van der Waals surface area contributed by atoms with Gasteiger partial charge in [-0.25, -0.2) is 0 Å². The number of hydrogen-bond donors (Lipinski definition) is 2. The molecule has 0 aromatic carbocycles. The van der Waals surface area contributed by atoms with Crippen molar-refractivity contribution in [1.29, 1.82) is 0 Å². The average molecular weight is 234 g/mol. The van der Waals surface area contributed by atoms with E-state index in [9.17, 15) is 14.4 Å². The van der Waals surface area contributed by atoms with Gasteiger partial charge in [-0.3, -0.25) is 0 Å². The molecular formula is C3H9Na2O7P. The van der Waals surface area contributed by atoms with E-state index < -0.39 is 27.1 Å². The minimum atomic E-state index is -5.00. The molecule has 70 valence electrons. The summed E-state index contributed by atoms with van der Waals surface area (Å²) in [5.41, 5.74) is 0. The van der Waals surface area contributed by atoms with Crippen LogP contribution in [-0.4, -0.2) is 35.0 Å². The Kier molecular flexibility index (Phi) is 22.5. The topological polar surface area (TPSA) is 144 Å². The van der Waals surface area contributed by atoms with Gasteiger partial charge in [0.25, 0.3) is 0 Å². The van der Waals surface area contributed by atoms with E-state index in [2.05, 4.69) is 4.52 Å². The van der Waals surface area contributed by atoms with Crippen molar-refractivity contribution >= 4 is 7.82 Å². The normalized spacial score (nSPS) is 11.7. The summed E-state index contributed by atoms with van der Waals surface area (Å²) >= 11 is 0. The monoisotopic (exact) mass is 234 g/mol. The van der Waals surface area contributed by atoms with Crippen LogP contribution < -0.4 is 68.9 Å². The molecule has 0 saturated carbocycles. The van der Waals surface area contributed by atoms with Gasteiger partial charge in [0.1, 0.15) is 6.10 Å². The van der Waals surface area contributed by atoms with Crippen molar-refractivity contribution in [2.75, 3.05) is 13.2 Å². The standard InChI is InChI=1S/C3H9O6P.2Na.H2O/c4-1-3(5)2-9-10(6,7)8;;;/h3-5H,1-2H2,(H2,6,7,8);;;1H2/q;2*+1;/p-2. The van der Waals surface area contributed by atoms with Gasteiger partial charge in [0.15, 0.2) is 0 Å². The number of phosphoric ester groups is 1. The van der Waals surface area contributed by atoms with Gasteiger partial charge in [-0.15, -0.1) is 0 Å². The smallest absolute Gasteiger partial charge is 0.790 e. The van der Waals surface area contributed by atoms with Crippen LogP contribution in [0.25, 0.3) is 0 Å². The summed E-state index contributed by atoms with van der Waals surface area (Å²) < 4.78 is 13.3. The van der Waals surface area contributed by atoms with E-state index in [0.717, 1.165) is 0 Å². The molecule has 0 aromatic heterocycles. The van der Waals surface area contributed by atoms with Crippen molar-refractivity contribution in [2.45, 2.75) is 6.10 Å². The van der Waals surface area contributed by atoms with Crippen molar-refractivity contribution in [3.05, 3.63) is 0 Å². The zero-order valence-corrected chi connectivity index (χ0v) is 12.4. The van der Waals surface area contributed by atoms with Crippen LogP contribution in [0, 0.1) is 0 Å². The van der Waals surface area contributed by atoms with Crippen molar-refractivity contribution in [3.63, 3.8) is 0 Å². The molecule has 0 aliphatic rings. The molecule has 7 nitrogen and oxygen atoms in total. The number of hydrogen-bond acceptors (Lipinski definition) is 6. The van der Waals surface area contributed by atoms with Crippen LogP contribution in [0.1, 0.15) is 0 Å². The quantitative estimate of drug-likeness (QED) is 0.365. The minimum absolute atomic E-state index is 0. The van der Waals surface area contributed by atoms with Gasteiger partial charge in [0, 0.05) is 0 Å². The first kappa shape index (κ1) is 24.3. The van der Waals surface area contributed by atoms with E-state index >= 15 is 0 Å². The molecule has 0 spiro atoms. The Labute approximate surface area is 120 Å². The molecule has 0 rings (SSSR count). The SMILES string of the molecule is O.O=P([O-])([O-])OCC(O)CO.[Na+].[Na+]. The van der Waals surface area contributed by atoms with Gasteiger partial charge in [-0.2, -0.15) is 0 Å². The van der Waals surface area contributed by atoms with Gasteiger partial charge >= 0.3 is 59.1 Å². The van der Waals surface area contributed by atoms with Crippen LogP contribution in [0.3, 0.4) is 0 Å². The number of rotatable bonds is 4. The molecule has 1 unspecified atom stereocenters. The third-order valence-corrected chi connectivity index (χ3v) is 1.10. The number of phosphoric acid groups is 1. The van der Waals surface area contributed by atoms with Crippen LogP contribution >= 0.6 is 7.82 Å². The molecule has 0 fully saturated rings. The summed E-state index contributed by atoms with van der Waals surface area (Å²) in [7, 11) is -5.00.